The number of primary sulfonamides is 1. The summed E-state index contributed by atoms with van der Waals surface area (Å²) in [7, 11) is -3.92. The summed E-state index contributed by atoms with van der Waals surface area (Å²) >= 11 is 2.92. The summed E-state index contributed by atoms with van der Waals surface area (Å²) < 4.78 is 32.8. The van der Waals surface area contributed by atoms with Crippen LogP contribution in [-0.2, 0) is 14.8 Å². The van der Waals surface area contributed by atoms with Gasteiger partial charge in [0.2, 0.25) is 10.0 Å². The molecule has 1 aliphatic heterocycles. The summed E-state index contributed by atoms with van der Waals surface area (Å²) in [4.78, 5) is 11.6. The van der Waals surface area contributed by atoms with E-state index < -0.39 is 15.9 Å². The molecule has 1 unspecified atom stereocenters. The van der Waals surface area contributed by atoms with Crippen LogP contribution < -0.4 is 10.5 Å². The van der Waals surface area contributed by atoms with Gasteiger partial charge in [-0.15, -0.1) is 0 Å². The maximum atomic E-state index is 11.9. The first-order valence-corrected chi connectivity index (χ1v) is 8.40. The second-order valence-corrected chi connectivity index (χ2v) is 6.84. The molecule has 112 valence electrons. The van der Waals surface area contributed by atoms with Gasteiger partial charge in [0, 0.05) is 19.2 Å². The lowest BCUT2D eigenvalue weighted by Gasteiger charge is -2.21. The summed E-state index contributed by atoms with van der Waals surface area (Å²) in [5, 5.41) is 7.69. The van der Waals surface area contributed by atoms with Crippen LogP contribution in [0.15, 0.2) is 20.0 Å². The number of rotatable bonds is 4. The van der Waals surface area contributed by atoms with Crippen molar-refractivity contribution in [3.63, 3.8) is 0 Å². The Morgan fingerprint density at radius 1 is 1.55 bits per heavy atom. The molecule has 9 heteroatoms. The van der Waals surface area contributed by atoms with E-state index in [0.29, 0.717) is 13.2 Å². The highest BCUT2D eigenvalue weighted by molar-refractivity contribution is 9.10. The van der Waals surface area contributed by atoms with Crippen LogP contribution in [0.25, 0.3) is 0 Å². The van der Waals surface area contributed by atoms with E-state index in [9.17, 15) is 13.2 Å². The zero-order valence-corrected chi connectivity index (χ0v) is 13.0. The number of ether oxygens (including phenoxy) is 1. The van der Waals surface area contributed by atoms with E-state index in [-0.39, 0.29) is 21.2 Å². The van der Waals surface area contributed by atoms with Gasteiger partial charge in [-0.3, -0.25) is 4.79 Å². The lowest BCUT2D eigenvalue weighted by molar-refractivity contribution is 0.0533. The number of hydrogen-bond donors (Lipinski definition) is 2. The minimum Gasteiger partial charge on any atom is -0.443 e. The van der Waals surface area contributed by atoms with E-state index in [2.05, 4.69) is 21.2 Å². The Bertz CT molecular complexity index is 592. The molecule has 7 nitrogen and oxygen atoms in total. The number of halogens is 1. The summed E-state index contributed by atoms with van der Waals surface area (Å²) in [5.74, 6) is -0.312. The fraction of sp³-hybridized carbons (Fsp3) is 0.545. The van der Waals surface area contributed by atoms with Crippen LogP contribution in [0.2, 0.25) is 0 Å². The monoisotopic (exact) mass is 366 g/mol. The quantitative estimate of drug-likeness (QED) is 0.819. The third-order valence-corrected chi connectivity index (χ3v) is 4.76. The van der Waals surface area contributed by atoms with Crippen LogP contribution in [0, 0.1) is 5.92 Å². The minimum atomic E-state index is -3.92. The van der Waals surface area contributed by atoms with Gasteiger partial charge in [0.1, 0.15) is 4.90 Å². The first kappa shape index (κ1) is 15.5. The second-order valence-electron chi connectivity index (χ2n) is 4.59. The average Bonchev–Trinajstić information content (AvgIpc) is 2.79. The zero-order chi connectivity index (χ0) is 14.8. The van der Waals surface area contributed by atoms with Crippen LogP contribution in [0.5, 0.6) is 0 Å². The van der Waals surface area contributed by atoms with Gasteiger partial charge in [-0.25, -0.2) is 13.6 Å². The van der Waals surface area contributed by atoms with Gasteiger partial charge in [0.05, 0.1) is 6.61 Å². The lowest BCUT2D eigenvalue weighted by Crippen LogP contribution is -2.33. The molecule has 1 amide bonds. The van der Waals surface area contributed by atoms with Gasteiger partial charge in [0.25, 0.3) is 5.91 Å². The summed E-state index contributed by atoms with van der Waals surface area (Å²) in [6, 6.07) is 1.10. The van der Waals surface area contributed by atoms with Crippen molar-refractivity contribution in [2.75, 3.05) is 19.8 Å². The Morgan fingerprint density at radius 3 is 2.85 bits per heavy atom. The van der Waals surface area contributed by atoms with E-state index in [1.54, 1.807) is 0 Å². The minimum absolute atomic E-state index is 0.0776. The van der Waals surface area contributed by atoms with E-state index in [1.165, 1.54) is 0 Å². The number of furan rings is 1. The van der Waals surface area contributed by atoms with Crippen LogP contribution >= 0.6 is 15.9 Å². The Labute approximate surface area is 125 Å². The zero-order valence-electron chi connectivity index (χ0n) is 10.6. The van der Waals surface area contributed by atoms with E-state index in [4.69, 9.17) is 14.3 Å². The first-order valence-electron chi connectivity index (χ1n) is 6.06. The number of carbonyl (C=O) groups excluding carboxylic acids is 1. The molecule has 0 saturated carbocycles. The Kier molecular flexibility index (Phi) is 4.84. The standard InChI is InChI=1S/C11H15BrN2O5S/c12-10-9(20(13,16)17)4-8(19-10)11(15)14-5-7-2-1-3-18-6-7/h4,7H,1-3,5-6H2,(H,14,15)(H2,13,16,17). The molecule has 3 N–H and O–H groups in total. The van der Waals surface area contributed by atoms with Crippen LogP contribution in [0.1, 0.15) is 23.4 Å². The molecule has 1 atom stereocenters. The molecule has 20 heavy (non-hydrogen) atoms. The predicted molar refractivity (Wildman–Crippen MR) is 73.7 cm³/mol. The highest BCUT2D eigenvalue weighted by Gasteiger charge is 2.23. The molecule has 1 saturated heterocycles. The molecule has 2 heterocycles. The molecule has 0 spiro atoms. The highest BCUT2D eigenvalue weighted by atomic mass is 79.9. The maximum Gasteiger partial charge on any atom is 0.287 e. The Balaban J connectivity index is 1.99. The topological polar surface area (TPSA) is 112 Å². The van der Waals surface area contributed by atoms with Crippen LogP contribution in [0.3, 0.4) is 0 Å². The van der Waals surface area contributed by atoms with Crippen molar-refractivity contribution in [2.45, 2.75) is 17.7 Å². The summed E-state index contributed by atoms with van der Waals surface area (Å²) in [6.45, 7) is 1.83. The molecule has 0 aliphatic carbocycles. The number of carbonyl (C=O) groups is 1. The largest absolute Gasteiger partial charge is 0.443 e. The molecule has 0 bridgehead atoms. The highest BCUT2D eigenvalue weighted by Crippen LogP contribution is 2.25. The van der Waals surface area contributed by atoms with Gasteiger partial charge in [0.15, 0.2) is 10.4 Å². The Morgan fingerprint density at radius 2 is 2.30 bits per heavy atom. The summed E-state index contributed by atoms with van der Waals surface area (Å²) in [5.41, 5.74) is 0. The van der Waals surface area contributed by atoms with Crippen molar-refractivity contribution in [1.29, 1.82) is 0 Å². The number of nitrogens with two attached hydrogens (primary N) is 1. The molecule has 2 rings (SSSR count). The first-order chi connectivity index (χ1) is 9.38. The maximum absolute atomic E-state index is 11.9. The van der Waals surface area contributed by atoms with Gasteiger partial charge in [-0.2, -0.15) is 0 Å². The third kappa shape index (κ3) is 3.81. The number of hydrogen-bond acceptors (Lipinski definition) is 5. The molecule has 0 aromatic carbocycles. The molecule has 1 aromatic heterocycles. The Hall–Kier alpha value is -0.900. The molecule has 1 fully saturated rings. The molecule has 0 radical (unpaired) electrons. The van der Waals surface area contributed by atoms with Gasteiger partial charge in [-0.05, 0) is 34.7 Å². The van der Waals surface area contributed by atoms with E-state index in [1.807, 2.05) is 0 Å². The van der Waals surface area contributed by atoms with Crippen molar-refractivity contribution in [2.24, 2.45) is 11.1 Å². The second kappa shape index (κ2) is 6.25. The smallest absolute Gasteiger partial charge is 0.287 e. The number of nitrogens with one attached hydrogen (secondary N) is 1. The van der Waals surface area contributed by atoms with Crippen molar-refractivity contribution in [3.8, 4) is 0 Å². The average molecular weight is 367 g/mol. The van der Waals surface area contributed by atoms with Gasteiger partial charge in [-0.1, -0.05) is 0 Å². The van der Waals surface area contributed by atoms with E-state index in [0.717, 1.165) is 25.5 Å². The van der Waals surface area contributed by atoms with Crippen molar-refractivity contribution >= 4 is 31.9 Å². The fourth-order valence-electron chi connectivity index (χ4n) is 1.95. The van der Waals surface area contributed by atoms with Crippen molar-refractivity contribution in [1.82, 2.24) is 5.32 Å². The number of amides is 1. The normalized spacial score (nSPS) is 19.8. The van der Waals surface area contributed by atoms with Crippen molar-refractivity contribution < 1.29 is 22.4 Å². The number of sulfonamides is 1. The van der Waals surface area contributed by atoms with Gasteiger partial charge < -0.3 is 14.5 Å². The SMILES string of the molecule is NS(=O)(=O)c1cc(C(=O)NCC2CCCOC2)oc1Br. The molecular formula is C11H15BrN2O5S. The predicted octanol–water partition coefficient (Wildman–Crippen LogP) is 0.846. The third-order valence-electron chi connectivity index (χ3n) is 2.99. The summed E-state index contributed by atoms with van der Waals surface area (Å²) in [6.07, 6.45) is 1.97. The van der Waals surface area contributed by atoms with Crippen molar-refractivity contribution in [3.05, 3.63) is 16.5 Å². The van der Waals surface area contributed by atoms with Crippen LogP contribution in [0.4, 0.5) is 0 Å². The van der Waals surface area contributed by atoms with E-state index >= 15 is 0 Å². The van der Waals surface area contributed by atoms with Crippen LogP contribution in [-0.4, -0.2) is 34.1 Å². The lowest BCUT2D eigenvalue weighted by atomic mass is 10.0. The molecule has 1 aliphatic rings. The van der Waals surface area contributed by atoms with Gasteiger partial charge >= 0.3 is 0 Å². The molecular weight excluding hydrogens is 352 g/mol. The fourth-order valence-corrected chi connectivity index (χ4v) is 3.45. The molecule has 1 aromatic rings.